The molecule has 1 aromatic heterocycles. The van der Waals surface area contributed by atoms with Crippen LogP contribution >= 0.6 is 0 Å². The molecule has 0 saturated heterocycles. The minimum Gasteiger partial charge on any atom is -0.480 e. The average molecular weight is 240 g/mol. The zero-order valence-electron chi connectivity index (χ0n) is 9.63. The van der Waals surface area contributed by atoms with E-state index in [2.05, 4.69) is 16.2 Å². The van der Waals surface area contributed by atoms with Crippen LogP contribution in [0.2, 0.25) is 0 Å². The molecule has 18 heavy (non-hydrogen) atoms. The van der Waals surface area contributed by atoms with Gasteiger partial charge in [0.05, 0.1) is 5.52 Å². The van der Waals surface area contributed by atoms with Gasteiger partial charge in [-0.1, -0.05) is 18.2 Å². The summed E-state index contributed by atoms with van der Waals surface area (Å²) in [5, 5.41) is 12.9. The topological polar surface area (TPSA) is 62.2 Å². The molecule has 1 heterocycles. The third-order valence-electron chi connectivity index (χ3n) is 2.60. The fraction of sp³-hybridized carbons (Fsp3) is 0.143. The molecule has 0 aliphatic carbocycles. The number of para-hydroxylation sites is 1. The Labute approximate surface area is 105 Å². The molecule has 0 aliphatic rings. The number of rotatable bonds is 4. The van der Waals surface area contributed by atoms with Gasteiger partial charge in [0, 0.05) is 23.7 Å². The number of benzene rings is 1. The van der Waals surface area contributed by atoms with Crippen LogP contribution in [0, 0.1) is 12.3 Å². The lowest BCUT2D eigenvalue weighted by Gasteiger charge is -2.14. The largest absolute Gasteiger partial charge is 0.480 e. The minimum absolute atomic E-state index is 0.131. The molecular weight excluding hydrogens is 228 g/mol. The lowest BCUT2D eigenvalue weighted by molar-refractivity contribution is -0.137. The molecule has 0 amide bonds. The first kappa shape index (κ1) is 11.9. The summed E-state index contributed by atoms with van der Waals surface area (Å²) in [4.78, 5) is 15.3. The van der Waals surface area contributed by atoms with Gasteiger partial charge in [0.2, 0.25) is 0 Å². The number of fused-ring (bicyclic) bond motifs is 1. The van der Waals surface area contributed by atoms with Gasteiger partial charge < -0.3 is 10.4 Å². The fourth-order valence-electron chi connectivity index (χ4n) is 1.73. The van der Waals surface area contributed by atoms with Gasteiger partial charge in [-0.3, -0.25) is 4.98 Å². The smallest absolute Gasteiger partial charge is 0.327 e. The first-order valence-corrected chi connectivity index (χ1v) is 5.49. The number of carbonyl (C=O) groups is 1. The van der Waals surface area contributed by atoms with E-state index >= 15 is 0 Å². The van der Waals surface area contributed by atoms with E-state index in [1.807, 2.05) is 24.3 Å². The minimum atomic E-state index is -0.964. The van der Waals surface area contributed by atoms with Crippen LogP contribution in [0.3, 0.4) is 0 Å². The molecule has 4 nitrogen and oxygen atoms in total. The Hall–Kier alpha value is -2.54. The van der Waals surface area contributed by atoms with Gasteiger partial charge in [-0.2, -0.15) is 0 Å². The molecule has 0 aliphatic heterocycles. The molecule has 1 aromatic carbocycles. The average Bonchev–Trinajstić information content (AvgIpc) is 2.38. The summed E-state index contributed by atoms with van der Waals surface area (Å²) in [5.74, 6) is 1.39. The lowest BCUT2D eigenvalue weighted by atomic mass is 10.1. The first-order valence-electron chi connectivity index (χ1n) is 5.49. The first-order chi connectivity index (χ1) is 8.72. The van der Waals surface area contributed by atoms with Crippen LogP contribution in [-0.2, 0) is 4.79 Å². The monoisotopic (exact) mass is 240 g/mol. The zero-order valence-corrected chi connectivity index (χ0v) is 9.63. The summed E-state index contributed by atoms with van der Waals surface area (Å²) in [6.45, 7) is 0. The second-order valence-corrected chi connectivity index (χ2v) is 3.82. The maximum absolute atomic E-state index is 11.1. The molecular formula is C14H12N2O2. The molecule has 2 aromatic rings. The van der Waals surface area contributed by atoms with E-state index < -0.39 is 12.0 Å². The molecule has 0 radical (unpaired) electrons. The summed E-state index contributed by atoms with van der Waals surface area (Å²) in [6.07, 6.45) is 6.94. The molecule has 90 valence electrons. The number of terminal acetylenes is 1. The third-order valence-corrected chi connectivity index (χ3v) is 2.60. The van der Waals surface area contributed by atoms with Gasteiger partial charge in [0.15, 0.2) is 0 Å². The van der Waals surface area contributed by atoms with Crippen molar-refractivity contribution in [1.82, 2.24) is 4.98 Å². The van der Waals surface area contributed by atoms with Crippen LogP contribution in [0.25, 0.3) is 10.9 Å². The summed E-state index contributed by atoms with van der Waals surface area (Å²) in [5.41, 5.74) is 1.54. The number of nitrogens with zero attached hydrogens (tertiary/aromatic N) is 1. The Bertz CT molecular complexity index is 611. The van der Waals surface area contributed by atoms with Gasteiger partial charge in [-0.15, -0.1) is 12.3 Å². The summed E-state index contributed by atoms with van der Waals surface area (Å²) in [7, 11) is 0. The van der Waals surface area contributed by atoms with E-state index in [1.165, 1.54) is 0 Å². The van der Waals surface area contributed by atoms with Crippen molar-refractivity contribution in [2.75, 3.05) is 5.32 Å². The molecule has 0 spiro atoms. The van der Waals surface area contributed by atoms with E-state index in [1.54, 1.807) is 12.3 Å². The van der Waals surface area contributed by atoms with Crippen molar-refractivity contribution < 1.29 is 9.90 Å². The highest BCUT2D eigenvalue weighted by atomic mass is 16.4. The third kappa shape index (κ3) is 2.41. The van der Waals surface area contributed by atoms with Crippen molar-refractivity contribution in [3.8, 4) is 12.3 Å². The highest BCUT2D eigenvalue weighted by molar-refractivity contribution is 5.92. The quantitative estimate of drug-likeness (QED) is 0.803. The molecule has 2 N–H and O–H groups in total. The molecule has 1 unspecified atom stereocenters. The van der Waals surface area contributed by atoms with Gasteiger partial charge in [-0.05, 0) is 12.1 Å². The predicted molar refractivity (Wildman–Crippen MR) is 70.2 cm³/mol. The van der Waals surface area contributed by atoms with Crippen LogP contribution < -0.4 is 5.32 Å². The lowest BCUT2D eigenvalue weighted by Crippen LogP contribution is -2.28. The van der Waals surface area contributed by atoms with Crippen molar-refractivity contribution in [2.45, 2.75) is 12.5 Å². The number of pyridine rings is 1. The second kappa shape index (κ2) is 5.19. The molecule has 4 heteroatoms. The van der Waals surface area contributed by atoms with Gasteiger partial charge >= 0.3 is 5.97 Å². The molecule has 1 atom stereocenters. The van der Waals surface area contributed by atoms with Crippen molar-refractivity contribution >= 4 is 22.6 Å². The number of carboxylic acids is 1. The van der Waals surface area contributed by atoms with Gasteiger partial charge in [0.1, 0.15) is 6.04 Å². The summed E-state index contributed by atoms with van der Waals surface area (Å²) in [6, 6.07) is 8.48. The number of anilines is 1. The molecule has 2 rings (SSSR count). The SMILES string of the molecule is C#CCC(Nc1ccnc2ccccc12)C(=O)O. The molecule has 0 saturated carbocycles. The van der Waals surface area contributed by atoms with Crippen LogP contribution in [0.1, 0.15) is 6.42 Å². The van der Waals surface area contributed by atoms with E-state index in [-0.39, 0.29) is 6.42 Å². The number of hydrogen-bond donors (Lipinski definition) is 2. The van der Waals surface area contributed by atoms with Crippen molar-refractivity contribution in [2.24, 2.45) is 0 Å². The zero-order chi connectivity index (χ0) is 13.0. The number of carboxylic acid groups (broad SMARTS) is 1. The maximum Gasteiger partial charge on any atom is 0.327 e. The Morgan fingerprint density at radius 2 is 2.22 bits per heavy atom. The van der Waals surface area contributed by atoms with Crippen LogP contribution in [0.4, 0.5) is 5.69 Å². The highest BCUT2D eigenvalue weighted by Crippen LogP contribution is 2.22. The number of aromatic nitrogens is 1. The second-order valence-electron chi connectivity index (χ2n) is 3.82. The Morgan fingerprint density at radius 1 is 1.44 bits per heavy atom. The molecule has 0 fully saturated rings. The Balaban J connectivity index is 2.36. The van der Waals surface area contributed by atoms with Crippen LogP contribution in [0.5, 0.6) is 0 Å². The number of hydrogen-bond acceptors (Lipinski definition) is 3. The van der Waals surface area contributed by atoms with E-state index in [0.717, 1.165) is 16.6 Å². The fourth-order valence-corrected chi connectivity index (χ4v) is 1.73. The Kier molecular flexibility index (Phi) is 3.44. The highest BCUT2D eigenvalue weighted by Gasteiger charge is 2.16. The number of aliphatic carboxylic acids is 1. The number of nitrogens with one attached hydrogen (secondary N) is 1. The summed E-state index contributed by atoms with van der Waals surface area (Å²) < 4.78 is 0. The van der Waals surface area contributed by atoms with Gasteiger partial charge in [-0.25, -0.2) is 4.79 Å². The van der Waals surface area contributed by atoms with E-state index in [0.29, 0.717) is 0 Å². The summed E-state index contributed by atoms with van der Waals surface area (Å²) >= 11 is 0. The van der Waals surface area contributed by atoms with Crippen molar-refractivity contribution in [1.29, 1.82) is 0 Å². The maximum atomic E-state index is 11.1. The molecule has 0 bridgehead atoms. The van der Waals surface area contributed by atoms with E-state index in [4.69, 9.17) is 11.5 Å². The van der Waals surface area contributed by atoms with Gasteiger partial charge in [0.25, 0.3) is 0 Å². The van der Waals surface area contributed by atoms with Crippen molar-refractivity contribution in [3.05, 3.63) is 36.5 Å². The van der Waals surface area contributed by atoms with Crippen LogP contribution in [-0.4, -0.2) is 22.1 Å². The predicted octanol–water partition coefficient (Wildman–Crippen LogP) is 2.12. The Morgan fingerprint density at radius 3 is 2.94 bits per heavy atom. The van der Waals surface area contributed by atoms with Crippen molar-refractivity contribution in [3.63, 3.8) is 0 Å². The normalized spacial score (nSPS) is 11.7. The standard InChI is InChI=1S/C14H12N2O2/c1-2-5-13(14(17)18)16-12-8-9-15-11-7-4-3-6-10(11)12/h1,3-4,6-9,13H,5H2,(H,15,16)(H,17,18). The van der Waals surface area contributed by atoms with E-state index in [9.17, 15) is 4.79 Å². The van der Waals surface area contributed by atoms with Crippen LogP contribution in [0.15, 0.2) is 36.5 Å².